The lowest BCUT2D eigenvalue weighted by Crippen LogP contribution is -2.14. The van der Waals surface area contributed by atoms with Gasteiger partial charge in [0.15, 0.2) is 0 Å². The molecule has 0 saturated carbocycles. The van der Waals surface area contributed by atoms with Crippen molar-refractivity contribution in [2.24, 2.45) is 5.73 Å². The van der Waals surface area contributed by atoms with E-state index in [2.05, 4.69) is 9.97 Å². The Labute approximate surface area is 148 Å². The molecule has 5 N–H and O–H groups in total. The van der Waals surface area contributed by atoms with E-state index in [1.54, 1.807) is 48.1 Å². The van der Waals surface area contributed by atoms with Gasteiger partial charge < -0.3 is 16.6 Å². The number of hydrogen-bond donors (Lipinski definition) is 3. The van der Waals surface area contributed by atoms with Gasteiger partial charge in [0.1, 0.15) is 17.1 Å². The van der Waals surface area contributed by atoms with Gasteiger partial charge in [0.25, 0.3) is 5.91 Å². The molecule has 1 amide bonds. The molecule has 0 spiro atoms. The van der Waals surface area contributed by atoms with Crippen LogP contribution in [0.5, 0.6) is 5.75 Å². The highest BCUT2D eigenvalue weighted by Gasteiger charge is 2.24. The van der Waals surface area contributed by atoms with Gasteiger partial charge in [-0.3, -0.25) is 19.3 Å². The van der Waals surface area contributed by atoms with Crippen LogP contribution in [0.4, 0.5) is 5.82 Å². The Hall–Kier alpha value is -3.61. The van der Waals surface area contributed by atoms with Crippen LogP contribution in [-0.4, -0.2) is 25.5 Å². The van der Waals surface area contributed by atoms with Crippen LogP contribution in [-0.2, 0) is 0 Å². The number of nitrogens with zero attached hydrogens (tertiary/aromatic N) is 3. The van der Waals surface area contributed by atoms with Crippen LogP contribution in [0, 0.1) is 13.8 Å². The molecule has 2 heterocycles. The first-order valence-electron chi connectivity index (χ1n) is 8.04. The number of nitrogen functional groups attached to an aromatic ring is 1. The van der Waals surface area contributed by atoms with Gasteiger partial charge in [0, 0.05) is 23.3 Å². The Bertz CT molecular complexity index is 1210. The lowest BCUT2D eigenvalue weighted by atomic mass is 10.1. The average Bonchev–Trinajstić information content (AvgIpc) is 2.91. The zero-order chi connectivity index (χ0) is 18.6. The maximum atomic E-state index is 12.1. The molecule has 4 aromatic rings. The summed E-state index contributed by atoms with van der Waals surface area (Å²) < 4.78 is 1.73. The molecule has 7 heteroatoms. The van der Waals surface area contributed by atoms with Gasteiger partial charge in [0.2, 0.25) is 0 Å². The van der Waals surface area contributed by atoms with Crippen molar-refractivity contribution in [1.29, 1.82) is 0 Å². The third-order valence-corrected chi connectivity index (χ3v) is 4.68. The van der Waals surface area contributed by atoms with Gasteiger partial charge in [-0.15, -0.1) is 0 Å². The highest BCUT2D eigenvalue weighted by Crippen LogP contribution is 2.38. The van der Waals surface area contributed by atoms with E-state index in [4.69, 9.17) is 11.5 Å². The monoisotopic (exact) mass is 347 g/mol. The lowest BCUT2D eigenvalue weighted by Gasteiger charge is -2.16. The number of aromatic nitrogens is 3. The Balaban J connectivity index is 2.30. The fourth-order valence-electron chi connectivity index (χ4n) is 3.48. The second-order valence-corrected chi connectivity index (χ2v) is 6.22. The van der Waals surface area contributed by atoms with Crippen LogP contribution in [0.15, 0.2) is 36.7 Å². The predicted molar refractivity (Wildman–Crippen MR) is 100 cm³/mol. The largest absolute Gasteiger partial charge is 0.508 e. The van der Waals surface area contributed by atoms with E-state index in [0.29, 0.717) is 33.2 Å². The summed E-state index contributed by atoms with van der Waals surface area (Å²) in [5, 5.41) is 10.8. The number of fused-ring (bicyclic) bond motifs is 3. The molecular weight excluding hydrogens is 330 g/mol. The topological polar surface area (TPSA) is 120 Å². The van der Waals surface area contributed by atoms with Gasteiger partial charge >= 0.3 is 0 Å². The van der Waals surface area contributed by atoms with Gasteiger partial charge in [0.05, 0.1) is 22.3 Å². The molecular formula is C19H17N5O2. The molecule has 7 nitrogen and oxygen atoms in total. The number of primary amides is 1. The molecule has 0 atom stereocenters. The second-order valence-electron chi connectivity index (χ2n) is 6.22. The van der Waals surface area contributed by atoms with Crippen molar-refractivity contribution in [1.82, 2.24) is 14.5 Å². The van der Waals surface area contributed by atoms with Gasteiger partial charge in [-0.25, -0.2) is 0 Å². The minimum absolute atomic E-state index is 0.138. The zero-order valence-corrected chi connectivity index (χ0v) is 14.3. The number of anilines is 1. The van der Waals surface area contributed by atoms with E-state index in [1.165, 1.54) is 0 Å². The third kappa shape index (κ3) is 2.03. The number of rotatable bonds is 2. The summed E-state index contributed by atoms with van der Waals surface area (Å²) >= 11 is 0. The number of carbonyl (C=O) groups is 1. The standard InChI is InChI=1S/C19H17N5O2/c1-9-3-6-13(25)10(2)16(9)24-17-11(14(18(24)20)19(21)26)4-5-12-15(17)23-8-7-22-12/h3-8,25H,20H2,1-2H3,(H2,21,26). The average molecular weight is 347 g/mol. The number of amides is 1. The van der Waals surface area contributed by atoms with Crippen LogP contribution >= 0.6 is 0 Å². The number of hydrogen-bond acceptors (Lipinski definition) is 5. The predicted octanol–water partition coefficient (Wildman–Crippen LogP) is 2.58. The molecule has 0 radical (unpaired) electrons. The molecule has 0 fully saturated rings. The third-order valence-electron chi connectivity index (χ3n) is 4.68. The molecule has 130 valence electrons. The molecule has 0 bridgehead atoms. The van der Waals surface area contributed by atoms with Gasteiger partial charge in [-0.1, -0.05) is 6.07 Å². The molecule has 26 heavy (non-hydrogen) atoms. The molecule has 2 aromatic heterocycles. The fourth-order valence-corrected chi connectivity index (χ4v) is 3.48. The van der Waals surface area contributed by atoms with E-state index in [-0.39, 0.29) is 17.1 Å². The lowest BCUT2D eigenvalue weighted by molar-refractivity contribution is 0.100. The first kappa shape index (κ1) is 15.9. The fraction of sp³-hybridized carbons (Fsp3) is 0.105. The Kier molecular flexibility index (Phi) is 3.33. The summed E-state index contributed by atoms with van der Waals surface area (Å²) in [5.41, 5.74) is 16.3. The summed E-state index contributed by atoms with van der Waals surface area (Å²) in [6, 6.07) is 6.97. The second kappa shape index (κ2) is 5.45. The van der Waals surface area contributed by atoms with Crippen molar-refractivity contribution in [3.63, 3.8) is 0 Å². The molecule has 0 unspecified atom stereocenters. The highest BCUT2D eigenvalue weighted by atomic mass is 16.3. The molecule has 0 aliphatic carbocycles. The number of aromatic hydroxyl groups is 1. The van der Waals surface area contributed by atoms with Crippen molar-refractivity contribution < 1.29 is 9.90 Å². The summed E-state index contributed by atoms with van der Waals surface area (Å²) in [5.74, 6) is -0.272. The van der Waals surface area contributed by atoms with E-state index in [0.717, 1.165) is 5.56 Å². The smallest absolute Gasteiger partial charge is 0.253 e. The minimum atomic E-state index is -0.620. The molecule has 0 aliphatic rings. The Morgan fingerprint density at radius 3 is 2.58 bits per heavy atom. The van der Waals surface area contributed by atoms with Crippen molar-refractivity contribution in [3.05, 3.63) is 53.3 Å². The normalized spacial score (nSPS) is 11.3. The van der Waals surface area contributed by atoms with Gasteiger partial charge in [-0.05, 0) is 37.6 Å². The van der Waals surface area contributed by atoms with Crippen LogP contribution in [0.3, 0.4) is 0 Å². The van der Waals surface area contributed by atoms with Crippen LogP contribution in [0.1, 0.15) is 21.5 Å². The molecule has 4 rings (SSSR count). The maximum absolute atomic E-state index is 12.1. The van der Waals surface area contributed by atoms with Crippen LogP contribution in [0.2, 0.25) is 0 Å². The number of benzene rings is 2. The number of nitrogens with two attached hydrogens (primary N) is 2. The van der Waals surface area contributed by atoms with Crippen LogP contribution < -0.4 is 11.5 Å². The first-order chi connectivity index (χ1) is 12.4. The van der Waals surface area contributed by atoms with Crippen molar-refractivity contribution >= 4 is 33.7 Å². The summed E-state index contributed by atoms with van der Waals surface area (Å²) in [6.07, 6.45) is 3.19. The first-order valence-corrected chi connectivity index (χ1v) is 8.04. The van der Waals surface area contributed by atoms with Crippen molar-refractivity contribution in [3.8, 4) is 11.4 Å². The van der Waals surface area contributed by atoms with E-state index in [9.17, 15) is 9.90 Å². The van der Waals surface area contributed by atoms with E-state index >= 15 is 0 Å². The zero-order valence-electron chi connectivity index (χ0n) is 14.3. The number of aryl methyl sites for hydroxylation is 1. The summed E-state index contributed by atoms with van der Waals surface area (Å²) in [4.78, 5) is 20.9. The van der Waals surface area contributed by atoms with Gasteiger partial charge in [-0.2, -0.15) is 0 Å². The number of phenols is 1. The SMILES string of the molecule is Cc1ccc(O)c(C)c1-n1c(N)c(C(N)=O)c2ccc3nccnc3c21. The van der Waals surface area contributed by atoms with Crippen molar-refractivity contribution in [2.45, 2.75) is 13.8 Å². The van der Waals surface area contributed by atoms with Crippen molar-refractivity contribution in [2.75, 3.05) is 5.73 Å². The Morgan fingerprint density at radius 1 is 1.12 bits per heavy atom. The van der Waals surface area contributed by atoms with Crippen LogP contribution in [0.25, 0.3) is 27.6 Å². The quantitative estimate of drug-likeness (QED) is 0.515. The molecule has 0 aliphatic heterocycles. The van der Waals surface area contributed by atoms with E-state index in [1.807, 2.05) is 6.92 Å². The summed E-state index contributed by atoms with van der Waals surface area (Å²) in [6.45, 7) is 3.71. The number of phenolic OH excluding ortho intramolecular Hbond substituents is 1. The maximum Gasteiger partial charge on any atom is 0.253 e. The minimum Gasteiger partial charge on any atom is -0.508 e. The molecule has 0 saturated heterocycles. The molecule has 2 aromatic carbocycles. The van der Waals surface area contributed by atoms with E-state index < -0.39 is 5.91 Å². The number of carbonyl (C=O) groups excluding carboxylic acids is 1. The Morgan fingerprint density at radius 2 is 1.85 bits per heavy atom. The summed E-state index contributed by atoms with van der Waals surface area (Å²) in [7, 11) is 0. The highest BCUT2D eigenvalue weighted by molar-refractivity contribution is 6.17.